The first kappa shape index (κ1) is 27.4. The Bertz CT molecular complexity index is 1360. The van der Waals surface area contributed by atoms with Gasteiger partial charge < -0.3 is 14.8 Å². The summed E-state index contributed by atoms with van der Waals surface area (Å²) < 4.78 is 40.3. The van der Waals surface area contributed by atoms with Gasteiger partial charge in [-0.3, -0.25) is 14.8 Å². The largest absolute Gasteiger partial charge is 0.494 e. The number of aryl methyl sites for hydroxylation is 1. The molecule has 11 heteroatoms. The van der Waals surface area contributed by atoms with E-state index in [0.717, 1.165) is 0 Å². The first-order valence-corrected chi connectivity index (χ1v) is 13.7. The molecule has 36 heavy (non-hydrogen) atoms. The molecule has 3 N–H and O–H groups in total. The van der Waals surface area contributed by atoms with Crippen molar-refractivity contribution in [3.05, 3.63) is 76.3 Å². The molecule has 0 aliphatic rings. The predicted molar refractivity (Wildman–Crippen MR) is 149 cm³/mol. The van der Waals surface area contributed by atoms with E-state index in [4.69, 9.17) is 21.7 Å². The number of carbonyl (C=O) groups is 1. The van der Waals surface area contributed by atoms with E-state index in [1.165, 1.54) is 6.07 Å². The first-order chi connectivity index (χ1) is 17.1. The van der Waals surface area contributed by atoms with Crippen molar-refractivity contribution in [3.63, 3.8) is 0 Å². The molecule has 1 amide bonds. The summed E-state index contributed by atoms with van der Waals surface area (Å²) in [6.07, 6.45) is 0. The molecular formula is C25H26BrN3O5S2. The van der Waals surface area contributed by atoms with Gasteiger partial charge in [0.05, 0.1) is 28.3 Å². The Morgan fingerprint density at radius 2 is 1.61 bits per heavy atom. The molecule has 0 spiro atoms. The number of thiocarbonyl (C=S) groups is 1. The second-order valence-corrected chi connectivity index (χ2v) is 10.4. The van der Waals surface area contributed by atoms with E-state index < -0.39 is 15.9 Å². The van der Waals surface area contributed by atoms with Gasteiger partial charge in [-0.2, -0.15) is 0 Å². The second kappa shape index (κ2) is 12.2. The van der Waals surface area contributed by atoms with Crippen molar-refractivity contribution in [2.24, 2.45) is 0 Å². The molecule has 0 unspecified atom stereocenters. The summed E-state index contributed by atoms with van der Waals surface area (Å²) in [6.45, 7) is 6.45. The van der Waals surface area contributed by atoms with Gasteiger partial charge in [-0.25, -0.2) is 8.42 Å². The summed E-state index contributed by atoms with van der Waals surface area (Å²) in [7, 11) is -3.91. The number of carbonyl (C=O) groups excluding carboxylic acids is 1. The van der Waals surface area contributed by atoms with Gasteiger partial charge in [-0.15, -0.1) is 0 Å². The molecule has 0 aliphatic heterocycles. The third-order valence-electron chi connectivity index (χ3n) is 4.87. The Kier molecular flexibility index (Phi) is 9.30. The predicted octanol–water partition coefficient (Wildman–Crippen LogP) is 5.48. The maximum atomic E-state index is 13.1. The molecule has 3 aromatic carbocycles. The van der Waals surface area contributed by atoms with Crippen LogP contribution in [0, 0.1) is 6.92 Å². The van der Waals surface area contributed by atoms with Crippen LogP contribution in [0.3, 0.4) is 0 Å². The van der Waals surface area contributed by atoms with Crippen LogP contribution < -0.4 is 24.8 Å². The van der Waals surface area contributed by atoms with Gasteiger partial charge in [0.15, 0.2) is 5.11 Å². The quantitative estimate of drug-likeness (QED) is 0.283. The average Bonchev–Trinajstić information content (AvgIpc) is 2.82. The number of hydrogen-bond acceptors (Lipinski definition) is 6. The van der Waals surface area contributed by atoms with Gasteiger partial charge >= 0.3 is 0 Å². The van der Waals surface area contributed by atoms with Crippen LogP contribution in [0.4, 0.5) is 11.4 Å². The Morgan fingerprint density at radius 1 is 0.944 bits per heavy atom. The number of benzene rings is 3. The molecule has 0 heterocycles. The molecule has 0 bridgehead atoms. The van der Waals surface area contributed by atoms with E-state index in [1.54, 1.807) is 61.5 Å². The zero-order valence-electron chi connectivity index (χ0n) is 19.9. The maximum Gasteiger partial charge on any atom is 0.262 e. The van der Waals surface area contributed by atoms with E-state index in [0.29, 0.717) is 51.7 Å². The molecule has 3 rings (SSSR count). The molecule has 0 saturated heterocycles. The molecule has 0 aliphatic carbocycles. The standard InChI is InChI=1S/C25H26BrN3O5S2/c1-4-33-20-11-7-17(8-12-20)24(30)28-25(35)27-18-9-6-16(3)23(15-18)36(31,32)29-19-10-13-22(34-5-2)21(26)14-19/h6-15,29H,4-5H2,1-3H3,(H2,27,28,30,35). The van der Waals surface area contributed by atoms with Crippen molar-refractivity contribution in [1.82, 2.24) is 5.32 Å². The fourth-order valence-electron chi connectivity index (χ4n) is 3.22. The molecule has 0 saturated carbocycles. The van der Waals surface area contributed by atoms with Crippen molar-refractivity contribution >= 4 is 60.6 Å². The Hall–Kier alpha value is -3.15. The molecule has 3 aromatic rings. The first-order valence-electron chi connectivity index (χ1n) is 11.0. The minimum absolute atomic E-state index is 0.0319. The Balaban J connectivity index is 1.71. The lowest BCUT2D eigenvalue weighted by Gasteiger charge is -2.15. The summed E-state index contributed by atoms with van der Waals surface area (Å²) in [5, 5.41) is 5.49. The third kappa shape index (κ3) is 7.19. The van der Waals surface area contributed by atoms with Crippen molar-refractivity contribution in [3.8, 4) is 11.5 Å². The average molecular weight is 593 g/mol. The molecule has 8 nitrogen and oxygen atoms in total. The fourth-order valence-corrected chi connectivity index (χ4v) is 5.25. The normalized spacial score (nSPS) is 10.9. The lowest BCUT2D eigenvalue weighted by atomic mass is 10.2. The van der Waals surface area contributed by atoms with Crippen LogP contribution in [0.5, 0.6) is 11.5 Å². The summed E-state index contributed by atoms with van der Waals surface area (Å²) >= 11 is 8.64. The Morgan fingerprint density at radius 3 is 2.25 bits per heavy atom. The smallest absolute Gasteiger partial charge is 0.262 e. The topological polar surface area (TPSA) is 106 Å². The van der Waals surface area contributed by atoms with Crippen LogP contribution in [0.1, 0.15) is 29.8 Å². The molecule has 0 aromatic heterocycles. The zero-order chi connectivity index (χ0) is 26.3. The second-order valence-electron chi connectivity index (χ2n) is 7.53. The highest BCUT2D eigenvalue weighted by Crippen LogP contribution is 2.30. The molecular weight excluding hydrogens is 566 g/mol. The van der Waals surface area contributed by atoms with Gasteiger partial charge in [0.1, 0.15) is 11.5 Å². The number of sulfonamides is 1. The number of amides is 1. The Labute approximate surface area is 224 Å². The molecule has 190 valence electrons. The summed E-state index contributed by atoms with van der Waals surface area (Å²) in [4.78, 5) is 12.6. The van der Waals surface area contributed by atoms with E-state index in [-0.39, 0.29) is 10.0 Å². The van der Waals surface area contributed by atoms with Crippen molar-refractivity contribution in [2.75, 3.05) is 23.3 Å². The summed E-state index contributed by atoms with van der Waals surface area (Å²) in [5.41, 5.74) is 1.73. The van der Waals surface area contributed by atoms with Crippen LogP contribution in [-0.2, 0) is 10.0 Å². The number of anilines is 2. The highest BCUT2D eigenvalue weighted by molar-refractivity contribution is 9.10. The monoisotopic (exact) mass is 591 g/mol. The van der Waals surface area contributed by atoms with Gasteiger partial charge in [0.25, 0.3) is 15.9 Å². The van der Waals surface area contributed by atoms with Gasteiger partial charge in [-0.05, 0) is 109 Å². The van der Waals surface area contributed by atoms with Crippen molar-refractivity contribution in [1.29, 1.82) is 0 Å². The van der Waals surface area contributed by atoms with Crippen LogP contribution in [0.15, 0.2) is 70.0 Å². The van der Waals surface area contributed by atoms with Gasteiger partial charge in [0, 0.05) is 11.3 Å². The number of rotatable bonds is 9. The van der Waals surface area contributed by atoms with Crippen LogP contribution in [-0.4, -0.2) is 32.7 Å². The van der Waals surface area contributed by atoms with Crippen molar-refractivity contribution in [2.45, 2.75) is 25.7 Å². The minimum Gasteiger partial charge on any atom is -0.494 e. The van der Waals surface area contributed by atoms with E-state index in [2.05, 4.69) is 31.3 Å². The lowest BCUT2D eigenvalue weighted by molar-refractivity contribution is 0.0977. The van der Waals surface area contributed by atoms with Crippen molar-refractivity contribution < 1.29 is 22.7 Å². The number of nitrogens with one attached hydrogen (secondary N) is 3. The lowest BCUT2D eigenvalue weighted by Crippen LogP contribution is -2.34. The highest BCUT2D eigenvalue weighted by atomic mass is 79.9. The fraction of sp³-hybridized carbons (Fsp3) is 0.200. The molecule has 0 radical (unpaired) electrons. The maximum absolute atomic E-state index is 13.1. The van der Waals surface area contributed by atoms with E-state index in [1.807, 2.05) is 13.8 Å². The van der Waals surface area contributed by atoms with E-state index in [9.17, 15) is 13.2 Å². The molecule has 0 fully saturated rings. The van der Waals surface area contributed by atoms with Gasteiger partial charge in [0.2, 0.25) is 0 Å². The summed E-state index contributed by atoms with van der Waals surface area (Å²) in [5.74, 6) is 0.871. The molecule has 0 atom stereocenters. The van der Waals surface area contributed by atoms with Crippen LogP contribution in [0.2, 0.25) is 0 Å². The zero-order valence-corrected chi connectivity index (χ0v) is 23.1. The third-order valence-corrected chi connectivity index (χ3v) is 7.22. The number of halogens is 1. The van der Waals surface area contributed by atoms with E-state index >= 15 is 0 Å². The van der Waals surface area contributed by atoms with Crippen LogP contribution >= 0.6 is 28.1 Å². The van der Waals surface area contributed by atoms with Crippen LogP contribution in [0.25, 0.3) is 0 Å². The number of ether oxygens (including phenoxy) is 2. The summed E-state index contributed by atoms with van der Waals surface area (Å²) in [6, 6.07) is 16.4. The van der Waals surface area contributed by atoms with Gasteiger partial charge in [-0.1, -0.05) is 6.07 Å². The highest BCUT2D eigenvalue weighted by Gasteiger charge is 2.19. The minimum atomic E-state index is -3.91. The number of hydrogen-bond donors (Lipinski definition) is 3. The SMILES string of the molecule is CCOc1ccc(C(=O)NC(=S)Nc2ccc(C)c(S(=O)(=O)Nc3ccc(OCC)c(Br)c3)c2)cc1.